The Morgan fingerprint density at radius 3 is 2.85 bits per heavy atom. The fraction of sp³-hybridized carbons (Fsp3) is 0.333. The molecule has 1 aliphatic carbocycles. The SMILES string of the molecule is CC(NC1CCCc2ccccc21)c1cccc(O)c1. The summed E-state index contributed by atoms with van der Waals surface area (Å²) in [6, 6.07) is 16.9. The van der Waals surface area contributed by atoms with Crippen molar-refractivity contribution in [2.75, 3.05) is 0 Å². The number of fused-ring (bicyclic) bond motifs is 1. The van der Waals surface area contributed by atoms with Gasteiger partial charge in [0.2, 0.25) is 0 Å². The molecule has 2 nitrogen and oxygen atoms in total. The summed E-state index contributed by atoms with van der Waals surface area (Å²) in [5.74, 6) is 0.334. The Bertz CT molecular complexity index is 593. The van der Waals surface area contributed by atoms with E-state index in [1.165, 1.54) is 30.4 Å². The molecule has 2 aromatic rings. The molecule has 3 rings (SSSR count). The van der Waals surface area contributed by atoms with Crippen molar-refractivity contribution in [1.82, 2.24) is 5.32 Å². The molecular formula is C18H21NO. The van der Waals surface area contributed by atoms with E-state index in [-0.39, 0.29) is 6.04 Å². The van der Waals surface area contributed by atoms with Gasteiger partial charge in [0, 0.05) is 12.1 Å². The summed E-state index contributed by atoms with van der Waals surface area (Å²) in [6.07, 6.45) is 3.61. The van der Waals surface area contributed by atoms with E-state index < -0.39 is 0 Å². The molecule has 0 heterocycles. The summed E-state index contributed by atoms with van der Waals surface area (Å²) >= 11 is 0. The third-order valence-electron chi connectivity index (χ3n) is 4.19. The number of rotatable bonds is 3. The van der Waals surface area contributed by atoms with Crippen LogP contribution in [0, 0.1) is 0 Å². The predicted octanol–water partition coefficient (Wildman–Crippen LogP) is 4.12. The molecule has 0 aliphatic heterocycles. The minimum atomic E-state index is 0.234. The van der Waals surface area contributed by atoms with Crippen LogP contribution in [-0.2, 0) is 6.42 Å². The second kappa shape index (κ2) is 5.68. The van der Waals surface area contributed by atoms with Crippen LogP contribution in [0.1, 0.15) is 48.5 Å². The summed E-state index contributed by atoms with van der Waals surface area (Å²) in [6.45, 7) is 2.16. The second-order valence-corrected chi connectivity index (χ2v) is 5.63. The Kier molecular flexibility index (Phi) is 3.75. The van der Waals surface area contributed by atoms with Gasteiger partial charge in [0.05, 0.1) is 0 Å². The Labute approximate surface area is 120 Å². The Morgan fingerprint density at radius 1 is 1.15 bits per heavy atom. The van der Waals surface area contributed by atoms with Crippen LogP contribution >= 0.6 is 0 Å². The molecule has 2 atom stereocenters. The smallest absolute Gasteiger partial charge is 0.115 e. The highest BCUT2D eigenvalue weighted by molar-refractivity contribution is 5.33. The van der Waals surface area contributed by atoms with Crippen LogP contribution in [0.25, 0.3) is 0 Å². The van der Waals surface area contributed by atoms with Crippen molar-refractivity contribution >= 4 is 0 Å². The van der Waals surface area contributed by atoms with Gasteiger partial charge in [0.1, 0.15) is 5.75 Å². The van der Waals surface area contributed by atoms with Crippen molar-refractivity contribution in [2.24, 2.45) is 0 Å². The third kappa shape index (κ3) is 2.70. The topological polar surface area (TPSA) is 32.3 Å². The van der Waals surface area contributed by atoms with Crippen molar-refractivity contribution < 1.29 is 5.11 Å². The van der Waals surface area contributed by atoms with E-state index in [1.54, 1.807) is 6.07 Å². The van der Waals surface area contributed by atoms with E-state index in [4.69, 9.17) is 0 Å². The fourth-order valence-electron chi connectivity index (χ4n) is 3.12. The maximum Gasteiger partial charge on any atom is 0.115 e. The summed E-state index contributed by atoms with van der Waals surface area (Å²) in [7, 11) is 0. The zero-order valence-corrected chi connectivity index (χ0v) is 11.8. The molecule has 0 aromatic heterocycles. The fourth-order valence-corrected chi connectivity index (χ4v) is 3.12. The van der Waals surface area contributed by atoms with E-state index >= 15 is 0 Å². The van der Waals surface area contributed by atoms with E-state index in [0.717, 1.165) is 5.56 Å². The molecular weight excluding hydrogens is 246 g/mol. The molecule has 2 N–H and O–H groups in total. The van der Waals surface area contributed by atoms with Gasteiger partial charge in [-0.1, -0.05) is 36.4 Å². The van der Waals surface area contributed by atoms with Crippen molar-refractivity contribution in [3.05, 3.63) is 65.2 Å². The summed E-state index contributed by atoms with van der Waals surface area (Å²) < 4.78 is 0. The average Bonchev–Trinajstić information content (AvgIpc) is 2.47. The van der Waals surface area contributed by atoms with Crippen molar-refractivity contribution in [3.8, 4) is 5.75 Å². The molecule has 0 fully saturated rings. The molecule has 0 bridgehead atoms. The number of hydrogen-bond acceptors (Lipinski definition) is 2. The number of hydrogen-bond donors (Lipinski definition) is 2. The Hall–Kier alpha value is -1.80. The first kappa shape index (κ1) is 13.2. The lowest BCUT2D eigenvalue weighted by Crippen LogP contribution is -2.27. The molecule has 0 saturated carbocycles. The zero-order chi connectivity index (χ0) is 13.9. The maximum atomic E-state index is 9.60. The molecule has 2 unspecified atom stereocenters. The van der Waals surface area contributed by atoms with Crippen LogP contribution < -0.4 is 5.32 Å². The van der Waals surface area contributed by atoms with E-state index in [1.807, 2.05) is 12.1 Å². The van der Waals surface area contributed by atoms with Gasteiger partial charge in [0.15, 0.2) is 0 Å². The van der Waals surface area contributed by atoms with Crippen LogP contribution in [0.2, 0.25) is 0 Å². The van der Waals surface area contributed by atoms with Crippen LogP contribution in [0.15, 0.2) is 48.5 Å². The van der Waals surface area contributed by atoms with Crippen LogP contribution in [0.4, 0.5) is 0 Å². The normalized spacial score (nSPS) is 19.4. The zero-order valence-electron chi connectivity index (χ0n) is 11.8. The van der Waals surface area contributed by atoms with Gasteiger partial charge in [-0.25, -0.2) is 0 Å². The lowest BCUT2D eigenvalue weighted by molar-refractivity contribution is 0.413. The van der Waals surface area contributed by atoms with Gasteiger partial charge in [0.25, 0.3) is 0 Å². The van der Waals surface area contributed by atoms with Crippen LogP contribution in [0.5, 0.6) is 5.75 Å². The minimum absolute atomic E-state index is 0.234. The number of benzene rings is 2. The summed E-state index contributed by atoms with van der Waals surface area (Å²) in [5.41, 5.74) is 4.04. The first-order valence-electron chi connectivity index (χ1n) is 7.37. The molecule has 2 aromatic carbocycles. The lowest BCUT2D eigenvalue weighted by atomic mass is 9.87. The number of nitrogens with one attached hydrogen (secondary N) is 1. The minimum Gasteiger partial charge on any atom is -0.508 e. The standard InChI is InChI=1S/C18H21NO/c1-13(15-8-4-9-16(20)12-15)19-18-11-5-7-14-6-2-3-10-17(14)18/h2-4,6,8-10,12-13,18-20H,5,7,11H2,1H3. The van der Waals surface area contributed by atoms with Crippen molar-refractivity contribution in [1.29, 1.82) is 0 Å². The highest BCUT2D eigenvalue weighted by Gasteiger charge is 2.21. The van der Waals surface area contributed by atoms with Crippen molar-refractivity contribution in [2.45, 2.75) is 38.3 Å². The Balaban J connectivity index is 1.79. The van der Waals surface area contributed by atoms with Crippen LogP contribution in [-0.4, -0.2) is 5.11 Å². The van der Waals surface area contributed by atoms with Gasteiger partial charge in [-0.05, 0) is 55.0 Å². The number of aromatic hydroxyl groups is 1. The number of aryl methyl sites for hydroxylation is 1. The highest BCUT2D eigenvalue weighted by atomic mass is 16.3. The monoisotopic (exact) mass is 267 g/mol. The predicted molar refractivity (Wildman–Crippen MR) is 81.8 cm³/mol. The highest BCUT2D eigenvalue weighted by Crippen LogP contribution is 2.31. The maximum absolute atomic E-state index is 9.60. The summed E-state index contributed by atoms with van der Waals surface area (Å²) in [5, 5.41) is 13.3. The first-order chi connectivity index (χ1) is 9.74. The quantitative estimate of drug-likeness (QED) is 0.876. The van der Waals surface area contributed by atoms with E-state index in [0.29, 0.717) is 11.8 Å². The van der Waals surface area contributed by atoms with Gasteiger partial charge >= 0.3 is 0 Å². The molecule has 0 saturated heterocycles. The number of phenols is 1. The largest absolute Gasteiger partial charge is 0.508 e. The molecule has 0 amide bonds. The van der Waals surface area contributed by atoms with Crippen molar-refractivity contribution in [3.63, 3.8) is 0 Å². The molecule has 0 spiro atoms. The second-order valence-electron chi connectivity index (χ2n) is 5.63. The number of phenolic OH excluding ortho intramolecular Hbond substituents is 1. The Morgan fingerprint density at radius 2 is 2.00 bits per heavy atom. The molecule has 0 radical (unpaired) electrons. The molecule has 104 valence electrons. The molecule has 2 heteroatoms. The first-order valence-corrected chi connectivity index (χ1v) is 7.37. The average molecular weight is 267 g/mol. The van der Waals surface area contributed by atoms with E-state index in [2.05, 4.69) is 42.6 Å². The van der Waals surface area contributed by atoms with Gasteiger partial charge < -0.3 is 10.4 Å². The van der Waals surface area contributed by atoms with Gasteiger partial charge in [-0.2, -0.15) is 0 Å². The molecule has 1 aliphatic rings. The van der Waals surface area contributed by atoms with E-state index in [9.17, 15) is 5.11 Å². The van der Waals surface area contributed by atoms with Gasteiger partial charge in [-0.3, -0.25) is 0 Å². The molecule has 20 heavy (non-hydrogen) atoms. The lowest BCUT2D eigenvalue weighted by Gasteiger charge is -2.29. The van der Waals surface area contributed by atoms with Crippen LogP contribution in [0.3, 0.4) is 0 Å². The third-order valence-corrected chi connectivity index (χ3v) is 4.19. The summed E-state index contributed by atoms with van der Waals surface area (Å²) in [4.78, 5) is 0. The van der Waals surface area contributed by atoms with Gasteiger partial charge in [-0.15, -0.1) is 0 Å².